The summed E-state index contributed by atoms with van der Waals surface area (Å²) in [6, 6.07) is 0. The molecule has 1 N–H and O–H groups in total. The van der Waals surface area contributed by atoms with Gasteiger partial charge in [-0.05, 0) is 19.3 Å². The lowest BCUT2D eigenvalue weighted by atomic mass is 10.0. The van der Waals surface area contributed by atoms with Crippen molar-refractivity contribution in [1.29, 1.82) is 0 Å². The molecule has 0 aromatic carbocycles. The van der Waals surface area contributed by atoms with Gasteiger partial charge in [-0.3, -0.25) is 4.79 Å². The van der Waals surface area contributed by atoms with E-state index in [0.717, 1.165) is 26.1 Å². The number of carboxylic acids is 1. The van der Waals surface area contributed by atoms with Crippen LogP contribution in [0.2, 0.25) is 0 Å². The summed E-state index contributed by atoms with van der Waals surface area (Å²) in [5.74, 6) is -0.651. The molecule has 69 heavy (non-hydrogen) atoms. The van der Waals surface area contributed by atoms with Crippen molar-refractivity contribution in [2.75, 3.05) is 13.2 Å². The molecule has 0 heterocycles. The van der Waals surface area contributed by atoms with Crippen LogP contribution in [0.4, 0.5) is 0 Å². The SMILES string of the molecule is CCCCCCCCCCCCCCCCCCCCCC(=O)O.CCCCCCCCCCCCCCCCCCCCCCOCCCCCCCCCCCCCCCCCCCCCC. The Morgan fingerprint density at radius 2 is 0.348 bits per heavy atom. The van der Waals surface area contributed by atoms with Gasteiger partial charge in [0.05, 0.1) is 0 Å². The van der Waals surface area contributed by atoms with Crippen LogP contribution in [0.3, 0.4) is 0 Å². The highest BCUT2D eigenvalue weighted by molar-refractivity contribution is 5.66. The number of carboxylic acid groups (broad SMARTS) is 1. The molecule has 0 bridgehead atoms. The van der Waals surface area contributed by atoms with E-state index in [1.807, 2.05) is 0 Å². The second-order valence-corrected chi connectivity index (χ2v) is 22.6. The quantitative estimate of drug-likeness (QED) is 0.0618. The second kappa shape index (κ2) is 69.5. The van der Waals surface area contributed by atoms with E-state index in [1.54, 1.807) is 0 Å². The molecule has 0 saturated heterocycles. The van der Waals surface area contributed by atoms with Crippen molar-refractivity contribution in [1.82, 2.24) is 0 Å². The summed E-state index contributed by atoms with van der Waals surface area (Å²) in [5.41, 5.74) is 0. The molecular weight excluding hydrogens is 841 g/mol. The predicted octanol–water partition coefficient (Wildman–Crippen LogP) is 24.5. The topological polar surface area (TPSA) is 46.5 Å². The molecule has 0 aliphatic rings. The lowest BCUT2D eigenvalue weighted by Crippen LogP contribution is -1.97. The van der Waals surface area contributed by atoms with E-state index in [2.05, 4.69) is 20.8 Å². The van der Waals surface area contributed by atoms with E-state index >= 15 is 0 Å². The standard InChI is InChI=1S/C44H90O.C22H44O2/c1-3-5-7-9-11-13-15-17-19-21-23-25-27-29-31-33-35-37-39-41-43-45-44-42-40-38-36-34-32-30-28-26-24-22-20-18-16-14-12-10-8-6-4-2;1-2-3-4-5-6-7-8-9-10-11-12-13-14-15-16-17-18-19-20-21-22(23)24/h3-44H2,1-2H3;2-21H2,1H3,(H,23,24). The lowest BCUT2D eigenvalue weighted by Gasteiger charge is -2.06. The minimum atomic E-state index is -0.651. The Morgan fingerprint density at radius 1 is 0.217 bits per heavy atom. The van der Waals surface area contributed by atoms with Crippen molar-refractivity contribution in [3.63, 3.8) is 0 Å². The van der Waals surface area contributed by atoms with Crippen molar-refractivity contribution in [2.45, 2.75) is 406 Å². The van der Waals surface area contributed by atoms with Crippen LogP contribution in [0.25, 0.3) is 0 Å². The van der Waals surface area contributed by atoms with E-state index in [9.17, 15) is 4.79 Å². The molecule has 0 unspecified atom stereocenters. The van der Waals surface area contributed by atoms with E-state index in [4.69, 9.17) is 9.84 Å². The average molecular weight is 976 g/mol. The molecule has 3 heteroatoms. The van der Waals surface area contributed by atoms with Gasteiger partial charge in [-0.15, -0.1) is 0 Å². The van der Waals surface area contributed by atoms with Crippen LogP contribution < -0.4 is 0 Å². The molecule has 3 nitrogen and oxygen atoms in total. The van der Waals surface area contributed by atoms with Crippen LogP contribution in [-0.4, -0.2) is 24.3 Å². The minimum absolute atomic E-state index is 0.346. The number of rotatable bonds is 62. The molecule has 0 aliphatic heterocycles. The normalized spacial score (nSPS) is 11.4. The Hall–Kier alpha value is -0.570. The number of aliphatic carboxylic acids is 1. The highest BCUT2D eigenvalue weighted by Crippen LogP contribution is 2.18. The zero-order valence-electron chi connectivity index (χ0n) is 48.6. The van der Waals surface area contributed by atoms with Crippen LogP contribution >= 0.6 is 0 Å². The van der Waals surface area contributed by atoms with Gasteiger partial charge in [-0.25, -0.2) is 0 Å². The number of carbonyl (C=O) groups is 1. The molecule has 0 rings (SSSR count). The van der Waals surface area contributed by atoms with Gasteiger partial charge in [0, 0.05) is 19.6 Å². The average Bonchev–Trinajstić information content (AvgIpc) is 3.35. The first-order valence-electron chi connectivity index (χ1n) is 33.0. The Morgan fingerprint density at radius 3 is 0.493 bits per heavy atom. The van der Waals surface area contributed by atoms with Gasteiger partial charge >= 0.3 is 5.97 Å². The third-order valence-electron chi connectivity index (χ3n) is 15.3. The third-order valence-corrected chi connectivity index (χ3v) is 15.3. The van der Waals surface area contributed by atoms with Crippen molar-refractivity contribution in [2.24, 2.45) is 0 Å². The van der Waals surface area contributed by atoms with Gasteiger partial charge in [0.2, 0.25) is 0 Å². The van der Waals surface area contributed by atoms with E-state index in [-0.39, 0.29) is 0 Å². The minimum Gasteiger partial charge on any atom is -0.481 e. The maximum atomic E-state index is 10.4. The Labute approximate surface area is 438 Å². The van der Waals surface area contributed by atoms with Crippen molar-refractivity contribution < 1.29 is 14.6 Å². The first-order chi connectivity index (χ1) is 34.2. The maximum absolute atomic E-state index is 10.4. The Bertz CT molecular complexity index is 815. The van der Waals surface area contributed by atoms with Crippen molar-refractivity contribution in [3.8, 4) is 0 Å². The Balaban J connectivity index is 0. The molecule has 0 fully saturated rings. The first-order valence-corrected chi connectivity index (χ1v) is 33.0. The lowest BCUT2D eigenvalue weighted by molar-refractivity contribution is -0.137. The highest BCUT2D eigenvalue weighted by atomic mass is 16.5. The smallest absolute Gasteiger partial charge is 0.303 e. The molecule has 0 aromatic rings. The van der Waals surface area contributed by atoms with E-state index in [1.165, 1.54) is 366 Å². The monoisotopic (exact) mass is 975 g/mol. The van der Waals surface area contributed by atoms with Gasteiger partial charge in [0.15, 0.2) is 0 Å². The highest BCUT2D eigenvalue weighted by Gasteiger charge is 2.00. The zero-order valence-corrected chi connectivity index (χ0v) is 48.6. The number of ether oxygens (including phenoxy) is 1. The van der Waals surface area contributed by atoms with Gasteiger partial charge in [0.1, 0.15) is 0 Å². The summed E-state index contributed by atoms with van der Waals surface area (Å²) >= 11 is 0. The fourth-order valence-corrected chi connectivity index (χ4v) is 10.4. The van der Waals surface area contributed by atoms with Crippen LogP contribution in [0, 0.1) is 0 Å². The van der Waals surface area contributed by atoms with E-state index < -0.39 is 5.97 Å². The summed E-state index contributed by atoms with van der Waals surface area (Å²) in [6.07, 6.45) is 84.1. The maximum Gasteiger partial charge on any atom is 0.303 e. The van der Waals surface area contributed by atoms with Crippen LogP contribution in [0.15, 0.2) is 0 Å². The number of hydrogen-bond donors (Lipinski definition) is 1. The molecule has 0 saturated carbocycles. The third kappa shape index (κ3) is 74.1. The summed E-state index contributed by atoms with van der Waals surface area (Å²) in [6.45, 7) is 8.89. The fraction of sp³-hybridized carbons (Fsp3) is 0.985. The molecule has 0 spiro atoms. The van der Waals surface area contributed by atoms with Crippen LogP contribution in [0.1, 0.15) is 406 Å². The molecule has 416 valence electrons. The summed E-state index contributed by atoms with van der Waals surface area (Å²) < 4.78 is 5.91. The summed E-state index contributed by atoms with van der Waals surface area (Å²) in [5, 5.41) is 8.56. The number of unbranched alkanes of at least 4 members (excludes halogenated alkanes) is 56. The largest absolute Gasteiger partial charge is 0.481 e. The summed E-state index contributed by atoms with van der Waals surface area (Å²) in [7, 11) is 0. The Kier molecular flexibility index (Phi) is 71.0. The molecule has 0 amide bonds. The molecular formula is C66H134O3. The van der Waals surface area contributed by atoms with Crippen molar-refractivity contribution >= 4 is 5.97 Å². The van der Waals surface area contributed by atoms with Crippen molar-refractivity contribution in [3.05, 3.63) is 0 Å². The summed E-state index contributed by atoms with van der Waals surface area (Å²) in [4.78, 5) is 10.4. The fourth-order valence-electron chi connectivity index (χ4n) is 10.4. The number of hydrogen-bond acceptors (Lipinski definition) is 2. The second-order valence-electron chi connectivity index (χ2n) is 22.6. The zero-order chi connectivity index (χ0) is 50.1. The van der Waals surface area contributed by atoms with Gasteiger partial charge in [-0.2, -0.15) is 0 Å². The predicted molar refractivity (Wildman–Crippen MR) is 312 cm³/mol. The molecule has 0 atom stereocenters. The molecule has 0 radical (unpaired) electrons. The van der Waals surface area contributed by atoms with Gasteiger partial charge < -0.3 is 9.84 Å². The first kappa shape index (κ1) is 70.5. The molecule has 0 aliphatic carbocycles. The van der Waals surface area contributed by atoms with Crippen LogP contribution in [0.5, 0.6) is 0 Å². The molecule has 0 aromatic heterocycles. The van der Waals surface area contributed by atoms with E-state index in [0.29, 0.717) is 6.42 Å². The van der Waals surface area contributed by atoms with Gasteiger partial charge in [-0.1, -0.05) is 380 Å². The van der Waals surface area contributed by atoms with Crippen LogP contribution in [-0.2, 0) is 9.53 Å². The van der Waals surface area contributed by atoms with Gasteiger partial charge in [0.25, 0.3) is 0 Å².